The summed E-state index contributed by atoms with van der Waals surface area (Å²) in [5, 5.41) is 13.7. The molecule has 0 saturated carbocycles. The zero-order valence-corrected chi connectivity index (χ0v) is 21.1. The van der Waals surface area contributed by atoms with E-state index in [9.17, 15) is 22.8 Å². The van der Waals surface area contributed by atoms with Crippen LogP contribution in [0, 0.1) is 5.92 Å². The van der Waals surface area contributed by atoms with E-state index in [1.807, 2.05) is 0 Å². The van der Waals surface area contributed by atoms with Gasteiger partial charge in [-0.05, 0) is 44.0 Å². The van der Waals surface area contributed by atoms with Crippen LogP contribution in [0.3, 0.4) is 0 Å². The lowest BCUT2D eigenvalue weighted by Gasteiger charge is -2.29. The molecule has 1 fully saturated rings. The van der Waals surface area contributed by atoms with Crippen LogP contribution in [0.5, 0.6) is 0 Å². The molecular formula is C20H25N5O6S3. The predicted octanol–water partition coefficient (Wildman–Crippen LogP) is 2.06. The van der Waals surface area contributed by atoms with E-state index in [2.05, 4.69) is 20.8 Å². The summed E-state index contributed by atoms with van der Waals surface area (Å²) in [5.74, 6) is -1.10. The number of carbonyl (C=O) groups is 3. The van der Waals surface area contributed by atoms with Gasteiger partial charge in [-0.25, -0.2) is 17.5 Å². The molecule has 0 unspecified atom stereocenters. The summed E-state index contributed by atoms with van der Waals surface area (Å²) in [4.78, 5) is 36.3. The number of nitrogens with zero attached hydrogens (tertiary/aromatic N) is 3. The third-order valence-electron chi connectivity index (χ3n) is 4.94. The van der Waals surface area contributed by atoms with Crippen molar-refractivity contribution in [2.75, 3.05) is 42.3 Å². The number of esters is 1. The van der Waals surface area contributed by atoms with Gasteiger partial charge < -0.3 is 15.4 Å². The Morgan fingerprint density at radius 3 is 2.44 bits per heavy atom. The zero-order chi connectivity index (χ0) is 24.7. The molecule has 1 aliphatic rings. The highest BCUT2D eigenvalue weighted by atomic mass is 32.2. The maximum Gasteiger partial charge on any atom is 0.338 e. The summed E-state index contributed by atoms with van der Waals surface area (Å²) in [7, 11) is -3.24. The molecule has 1 aliphatic heterocycles. The molecule has 14 heteroatoms. The van der Waals surface area contributed by atoms with Crippen molar-refractivity contribution >= 4 is 61.7 Å². The van der Waals surface area contributed by atoms with Crippen molar-refractivity contribution < 1.29 is 27.5 Å². The summed E-state index contributed by atoms with van der Waals surface area (Å²) >= 11 is 2.34. The highest BCUT2D eigenvalue weighted by Crippen LogP contribution is 2.27. The molecule has 0 bridgehead atoms. The van der Waals surface area contributed by atoms with Gasteiger partial charge in [0.1, 0.15) is 0 Å². The second-order valence-corrected chi connectivity index (χ2v) is 11.6. The van der Waals surface area contributed by atoms with Crippen LogP contribution in [0.25, 0.3) is 0 Å². The smallest absolute Gasteiger partial charge is 0.338 e. The Kier molecular flexibility index (Phi) is 8.99. The van der Waals surface area contributed by atoms with Crippen molar-refractivity contribution in [1.82, 2.24) is 14.5 Å². The molecule has 0 spiro atoms. The van der Waals surface area contributed by atoms with E-state index in [0.717, 1.165) is 17.6 Å². The summed E-state index contributed by atoms with van der Waals surface area (Å²) in [5.41, 5.74) is 0.949. The van der Waals surface area contributed by atoms with Crippen LogP contribution in [0.4, 0.5) is 10.8 Å². The number of piperidine rings is 1. The molecule has 2 N–H and O–H groups in total. The first kappa shape index (κ1) is 26.1. The van der Waals surface area contributed by atoms with Gasteiger partial charge in [-0.3, -0.25) is 9.59 Å². The summed E-state index contributed by atoms with van der Waals surface area (Å²) in [6.07, 6.45) is 2.05. The number of sulfonamides is 1. The van der Waals surface area contributed by atoms with Crippen LogP contribution in [-0.2, 0) is 24.3 Å². The standard InChI is InChI=1S/C20H25N5O6S3/c1-3-31-18(28)14-4-6-15(7-5-14)21-16(26)12-32-20-24-23-19(33-20)22-17(27)13-8-10-25(11-9-13)34(2,29)30/h4-7,13H,3,8-12H2,1-2H3,(H,21,26)(H,22,23,27). The van der Waals surface area contributed by atoms with Gasteiger partial charge in [-0.1, -0.05) is 23.1 Å². The number of amides is 2. The molecule has 11 nitrogen and oxygen atoms in total. The number of ether oxygens (including phenoxy) is 1. The fourth-order valence-corrected chi connectivity index (χ4v) is 5.63. The SMILES string of the molecule is CCOC(=O)c1ccc(NC(=O)CSc2nnc(NC(=O)C3CCN(S(C)(=O)=O)CC3)s2)cc1. The maximum atomic E-state index is 12.5. The van der Waals surface area contributed by atoms with Gasteiger partial charge >= 0.3 is 5.97 Å². The fourth-order valence-electron chi connectivity index (χ4n) is 3.20. The molecular weight excluding hydrogens is 502 g/mol. The average Bonchev–Trinajstić information content (AvgIpc) is 3.25. The molecule has 0 atom stereocenters. The van der Waals surface area contributed by atoms with E-state index in [4.69, 9.17) is 4.74 Å². The fraction of sp³-hybridized carbons (Fsp3) is 0.450. The first-order chi connectivity index (χ1) is 16.2. The highest BCUT2D eigenvalue weighted by Gasteiger charge is 2.29. The van der Waals surface area contributed by atoms with Gasteiger partial charge in [0.2, 0.25) is 27.0 Å². The largest absolute Gasteiger partial charge is 0.462 e. The summed E-state index contributed by atoms with van der Waals surface area (Å²) < 4.78 is 30.0. The van der Waals surface area contributed by atoms with Crippen LogP contribution in [-0.4, -0.2) is 72.4 Å². The van der Waals surface area contributed by atoms with Gasteiger partial charge in [-0.2, -0.15) is 0 Å². The zero-order valence-electron chi connectivity index (χ0n) is 18.6. The average molecular weight is 528 g/mol. The number of rotatable bonds is 9. The second-order valence-electron chi connectivity index (χ2n) is 7.43. The Balaban J connectivity index is 1.43. The lowest BCUT2D eigenvalue weighted by atomic mass is 9.97. The normalized spacial score (nSPS) is 15.0. The summed E-state index contributed by atoms with van der Waals surface area (Å²) in [6, 6.07) is 6.39. The Hall–Kier alpha value is -2.55. The van der Waals surface area contributed by atoms with Gasteiger partial charge in [0.15, 0.2) is 4.34 Å². The van der Waals surface area contributed by atoms with Crippen LogP contribution in [0.1, 0.15) is 30.1 Å². The number of benzene rings is 1. The van der Waals surface area contributed by atoms with E-state index >= 15 is 0 Å². The van der Waals surface area contributed by atoms with Crippen molar-refractivity contribution in [3.05, 3.63) is 29.8 Å². The second kappa shape index (κ2) is 11.7. The third kappa shape index (κ3) is 7.48. The molecule has 1 saturated heterocycles. The van der Waals surface area contributed by atoms with E-state index in [-0.39, 0.29) is 30.1 Å². The number of aromatic nitrogens is 2. The van der Waals surface area contributed by atoms with Crippen LogP contribution < -0.4 is 10.6 Å². The van der Waals surface area contributed by atoms with Crippen LogP contribution in [0.15, 0.2) is 28.6 Å². The molecule has 1 aromatic heterocycles. The number of hydrogen-bond acceptors (Lipinski definition) is 10. The van der Waals surface area contributed by atoms with Gasteiger partial charge in [0.25, 0.3) is 0 Å². The summed E-state index contributed by atoms with van der Waals surface area (Å²) in [6.45, 7) is 2.64. The van der Waals surface area contributed by atoms with Crippen molar-refractivity contribution in [2.45, 2.75) is 24.1 Å². The van der Waals surface area contributed by atoms with E-state index in [1.165, 1.54) is 16.1 Å². The molecule has 0 radical (unpaired) electrons. The molecule has 184 valence electrons. The molecule has 3 rings (SSSR count). The number of nitrogens with one attached hydrogen (secondary N) is 2. The van der Waals surface area contributed by atoms with Gasteiger partial charge in [0, 0.05) is 24.7 Å². The Bertz CT molecular complexity index is 1130. The Labute approximate surface area is 205 Å². The highest BCUT2D eigenvalue weighted by molar-refractivity contribution is 8.01. The minimum atomic E-state index is -3.24. The quantitative estimate of drug-likeness (QED) is 0.284. The Morgan fingerprint density at radius 2 is 1.82 bits per heavy atom. The maximum absolute atomic E-state index is 12.5. The number of thioether (sulfide) groups is 1. The monoisotopic (exact) mass is 527 g/mol. The minimum absolute atomic E-state index is 0.0894. The minimum Gasteiger partial charge on any atom is -0.462 e. The molecule has 1 aromatic carbocycles. The van der Waals surface area contributed by atoms with Crippen molar-refractivity contribution in [3.63, 3.8) is 0 Å². The number of anilines is 2. The van der Waals surface area contributed by atoms with Crippen molar-refractivity contribution in [2.24, 2.45) is 5.92 Å². The topological polar surface area (TPSA) is 148 Å². The molecule has 34 heavy (non-hydrogen) atoms. The van der Waals surface area contributed by atoms with E-state index in [0.29, 0.717) is 46.7 Å². The van der Waals surface area contributed by atoms with E-state index < -0.39 is 16.0 Å². The molecule has 2 amide bonds. The van der Waals surface area contributed by atoms with Crippen molar-refractivity contribution in [1.29, 1.82) is 0 Å². The number of hydrogen-bond donors (Lipinski definition) is 2. The molecule has 0 aliphatic carbocycles. The lowest BCUT2D eigenvalue weighted by Crippen LogP contribution is -2.40. The molecule has 2 aromatic rings. The van der Waals surface area contributed by atoms with Crippen LogP contribution >= 0.6 is 23.1 Å². The first-order valence-electron chi connectivity index (χ1n) is 10.4. The molecule has 2 heterocycles. The van der Waals surface area contributed by atoms with Crippen LogP contribution in [0.2, 0.25) is 0 Å². The third-order valence-corrected chi connectivity index (χ3v) is 8.21. The van der Waals surface area contributed by atoms with E-state index in [1.54, 1.807) is 31.2 Å². The van der Waals surface area contributed by atoms with Crippen molar-refractivity contribution in [3.8, 4) is 0 Å². The van der Waals surface area contributed by atoms with Gasteiger partial charge in [0.05, 0.1) is 24.2 Å². The first-order valence-corrected chi connectivity index (χ1v) is 14.1. The number of carbonyl (C=O) groups excluding carboxylic acids is 3. The Morgan fingerprint density at radius 1 is 1.15 bits per heavy atom. The predicted molar refractivity (Wildman–Crippen MR) is 129 cm³/mol. The lowest BCUT2D eigenvalue weighted by molar-refractivity contribution is -0.121. The van der Waals surface area contributed by atoms with Gasteiger partial charge in [-0.15, -0.1) is 10.2 Å².